The largest absolute Gasteiger partial charge is 0.481 e. The van der Waals surface area contributed by atoms with Crippen molar-refractivity contribution in [3.63, 3.8) is 0 Å². The fourth-order valence-corrected chi connectivity index (χ4v) is 1.64. The van der Waals surface area contributed by atoms with Crippen LogP contribution in [0.1, 0.15) is 5.56 Å². The molecule has 0 aliphatic rings. The number of hydrogen-bond donors (Lipinski definition) is 2. The van der Waals surface area contributed by atoms with Gasteiger partial charge in [-0.15, -0.1) is 0 Å². The van der Waals surface area contributed by atoms with Gasteiger partial charge in [0.25, 0.3) is 0 Å². The van der Waals surface area contributed by atoms with Gasteiger partial charge in [0.05, 0.1) is 6.42 Å². The fourth-order valence-electron chi connectivity index (χ4n) is 1.47. The van der Waals surface area contributed by atoms with Gasteiger partial charge in [0.2, 0.25) is 0 Å². The zero-order valence-corrected chi connectivity index (χ0v) is 8.01. The monoisotopic (exact) mass is 209 g/mol. The van der Waals surface area contributed by atoms with Crippen LogP contribution in [0.4, 0.5) is 0 Å². The summed E-state index contributed by atoms with van der Waals surface area (Å²) in [7, 11) is 0. The lowest BCUT2D eigenvalue weighted by atomic mass is 10.1. The maximum absolute atomic E-state index is 10.5. The molecule has 0 saturated heterocycles. The third kappa shape index (κ3) is 1.59. The summed E-state index contributed by atoms with van der Waals surface area (Å²) in [6.07, 6.45) is 1.73. The van der Waals surface area contributed by atoms with E-state index in [0.717, 1.165) is 16.5 Å². The molecule has 0 amide bonds. The number of benzene rings is 1. The van der Waals surface area contributed by atoms with Gasteiger partial charge in [0.1, 0.15) is 0 Å². The lowest BCUT2D eigenvalue weighted by Crippen LogP contribution is -1.98. The molecule has 3 nitrogen and oxygen atoms in total. The highest BCUT2D eigenvalue weighted by Crippen LogP contribution is 2.22. The van der Waals surface area contributed by atoms with E-state index in [0.29, 0.717) is 5.02 Å². The summed E-state index contributed by atoms with van der Waals surface area (Å²) >= 11 is 5.80. The lowest BCUT2D eigenvalue weighted by molar-refractivity contribution is -0.136. The molecule has 1 aromatic heterocycles. The Bertz CT molecular complexity index is 490. The van der Waals surface area contributed by atoms with E-state index in [1.54, 1.807) is 18.3 Å². The van der Waals surface area contributed by atoms with Crippen LogP contribution in [0, 0.1) is 0 Å². The van der Waals surface area contributed by atoms with E-state index in [-0.39, 0.29) is 6.42 Å². The van der Waals surface area contributed by atoms with Gasteiger partial charge in [-0.3, -0.25) is 4.79 Å². The van der Waals surface area contributed by atoms with Gasteiger partial charge in [-0.1, -0.05) is 17.7 Å². The minimum absolute atomic E-state index is 0.0294. The molecule has 0 radical (unpaired) electrons. The molecular weight excluding hydrogens is 202 g/mol. The second kappa shape index (κ2) is 3.35. The van der Waals surface area contributed by atoms with E-state index in [1.807, 2.05) is 6.07 Å². The average molecular weight is 210 g/mol. The zero-order chi connectivity index (χ0) is 10.1. The van der Waals surface area contributed by atoms with Crippen LogP contribution >= 0.6 is 11.6 Å². The first-order valence-electron chi connectivity index (χ1n) is 4.14. The number of carbonyl (C=O) groups is 1. The molecule has 0 bridgehead atoms. The quantitative estimate of drug-likeness (QED) is 0.798. The second-order valence-corrected chi connectivity index (χ2v) is 3.51. The fraction of sp³-hybridized carbons (Fsp3) is 0.100. The smallest absolute Gasteiger partial charge is 0.307 e. The number of carboxylic acid groups (broad SMARTS) is 1. The van der Waals surface area contributed by atoms with Crippen molar-refractivity contribution in [1.29, 1.82) is 0 Å². The van der Waals surface area contributed by atoms with E-state index >= 15 is 0 Å². The van der Waals surface area contributed by atoms with Crippen molar-refractivity contribution in [3.05, 3.63) is 35.0 Å². The highest BCUT2D eigenvalue weighted by molar-refractivity contribution is 6.31. The minimum Gasteiger partial charge on any atom is -0.481 e. The predicted molar refractivity (Wildman–Crippen MR) is 54.6 cm³/mol. The van der Waals surface area contributed by atoms with Crippen LogP contribution in [0.2, 0.25) is 5.02 Å². The summed E-state index contributed by atoms with van der Waals surface area (Å²) in [6.45, 7) is 0. The average Bonchev–Trinajstić information content (AvgIpc) is 2.47. The Morgan fingerprint density at radius 1 is 1.50 bits per heavy atom. The molecule has 2 aromatic rings. The zero-order valence-electron chi connectivity index (χ0n) is 7.25. The van der Waals surface area contributed by atoms with Gasteiger partial charge < -0.3 is 10.1 Å². The molecule has 0 spiro atoms. The van der Waals surface area contributed by atoms with Crippen molar-refractivity contribution in [2.75, 3.05) is 0 Å². The highest BCUT2D eigenvalue weighted by Gasteiger charge is 2.07. The van der Waals surface area contributed by atoms with Gasteiger partial charge in [-0.2, -0.15) is 0 Å². The van der Waals surface area contributed by atoms with Crippen LogP contribution in [0.25, 0.3) is 10.9 Å². The van der Waals surface area contributed by atoms with E-state index in [4.69, 9.17) is 16.7 Å². The first kappa shape index (κ1) is 9.09. The Hall–Kier alpha value is -1.48. The van der Waals surface area contributed by atoms with Crippen LogP contribution in [0.15, 0.2) is 24.4 Å². The molecule has 4 heteroatoms. The predicted octanol–water partition coefficient (Wildman–Crippen LogP) is 2.45. The highest BCUT2D eigenvalue weighted by atomic mass is 35.5. The van der Waals surface area contributed by atoms with Crippen molar-refractivity contribution in [3.8, 4) is 0 Å². The summed E-state index contributed by atoms with van der Waals surface area (Å²) < 4.78 is 0. The molecule has 2 N–H and O–H groups in total. The van der Waals surface area contributed by atoms with E-state index in [9.17, 15) is 4.79 Å². The SMILES string of the molecule is O=C(O)Cc1c[nH]c2cc(Cl)ccc12. The van der Waals surface area contributed by atoms with Crippen molar-refractivity contribution < 1.29 is 9.90 Å². The van der Waals surface area contributed by atoms with Crippen molar-refractivity contribution in [1.82, 2.24) is 4.98 Å². The molecule has 0 fully saturated rings. The first-order valence-corrected chi connectivity index (χ1v) is 4.52. The molecule has 1 aromatic carbocycles. The Morgan fingerprint density at radius 3 is 3.00 bits per heavy atom. The van der Waals surface area contributed by atoms with E-state index < -0.39 is 5.97 Å². The first-order chi connectivity index (χ1) is 6.66. The van der Waals surface area contributed by atoms with Gasteiger partial charge >= 0.3 is 5.97 Å². The molecule has 0 aliphatic heterocycles. The number of halogens is 1. The summed E-state index contributed by atoms with van der Waals surface area (Å²) in [6, 6.07) is 5.36. The van der Waals surface area contributed by atoms with Gasteiger partial charge in [-0.25, -0.2) is 0 Å². The van der Waals surface area contributed by atoms with Gasteiger partial charge in [-0.05, 0) is 17.7 Å². The molecule has 1 heterocycles. The molecule has 0 atom stereocenters. The third-order valence-electron chi connectivity index (χ3n) is 2.07. The molecule has 0 saturated carbocycles. The van der Waals surface area contributed by atoms with Crippen LogP contribution in [0.3, 0.4) is 0 Å². The Balaban J connectivity index is 2.52. The normalized spacial score (nSPS) is 10.6. The Morgan fingerprint density at radius 2 is 2.29 bits per heavy atom. The van der Waals surface area contributed by atoms with Crippen LogP contribution in [-0.4, -0.2) is 16.1 Å². The number of H-pyrrole nitrogens is 1. The topological polar surface area (TPSA) is 53.1 Å². The van der Waals surface area contributed by atoms with E-state index in [2.05, 4.69) is 4.98 Å². The van der Waals surface area contributed by atoms with Crippen LogP contribution < -0.4 is 0 Å². The summed E-state index contributed by atoms with van der Waals surface area (Å²) in [5.41, 5.74) is 1.65. The number of nitrogens with one attached hydrogen (secondary N) is 1. The molecule has 0 aliphatic carbocycles. The summed E-state index contributed by atoms with van der Waals surface area (Å²) in [5.74, 6) is -0.833. The molecule has 14 heavy (non-hydrogen) atoms. The van der Waals surface area contributed by atoms with Crippen LogP contribution in [0.5, 0.6) is 0 Å². The third-order valence-corrected chi connectivity index (χ3v) is 2.31. The molecular formula is C10H8ClNO2. The number of aliphatic carboxylic acids is 1. The molecule has 2 rings (SSSR count). The number of fused-ring (bicyclic) bond motifs is 1. The second-order valence-electron chi connectivity index (χ2n) is 3.07. The minimum atomic E-state index is -0.833. The standard InChI is InChI=1S/C10H8ClNO2/c11-7-1-2-8-6(3-10(13)14)5-12-9(8)4-7/h1-2,4-5,12H,3H2,(H,13,14). The molecule has 72 valence electrons. The van der Waals surface area contributed by atoms with Gasteiger partial charge in [0.15, 0.2) is 0 Å². The number of hydrogen-bond acceptors (Lipinski definition) is 1. The summed E-state index contributed by atoms with van der Waals surface area (Å²) in [5, 5.41) is 10.2. The Kier molecular flexibility index (Phi) is 2.17. The number of aromatic nitrogens is 1. The van der Waals surface area contributed by atoms with E-state index in [1.165, 1.54) is 0 Å². The van der Waals surface area contributed by atoms with Crippen molar-refractivity contribution in [2.45, 2.75) is 6.42 Å². The van der Waals surface area contributed by atoms with Crippen LogP contribution in [-0.2, 0) is 11.2 Å². The number of aromatic amines is 1. The maximum atomic E-state index is 10.5. The Labute approximate surface area is 85.3 Å². The van der Waals surface area contributed by atoms with Gasteiger partial charge in [0, 0.05) is 22.1 Å². The molecule has 0 unspecified atom stereocenters. The van der Waals surface area contributed by atoms with Crippen molar-refractivity contribution in [2.24, 2.45) is 0 Å². The lowest BCUT2D eigenvalue weighted by Gasteiger charge is -1.94. The maximum Gasteiger partial charge on any atom is 0.307 e. The number of rotatable bonds is 2. The summed E-state index contributed by atoms with van der Waals surface area (Å²) in [4.78, 5) is 13.5. The number of carboxylic acids is 1. The van der Waals surface area contributed by atoms with Crippen molar-refractivity contribution >= 4 is 28.5 Å².